The molecule has 0 amide bonds. The second-order valence-corrected chi connectivity index (χ2v) is 6.61. The topological polar surface area (TPSA) is 70.8 Å². The highest BCUT2D eigenvalue weighted by atomic mass is 16.6. The van der Waals surface area contributed by atoms with E-state index in [1.807, 2.05) is 54.6 Å². The molecule has 0 aromatic heterocycles. The predicted octanol–water partition coefficient (Wildman–Crippen LogP) is 6.22. The monoisotopic (exact) mass is 401 g/mol. The average Bonchev–Trinajstić information content (AvgIpc) is 2.79. The van der Waals surface area contributed by atoms with E-state index >= 15 is 0 Å². The minimum absolute atomic E-state index is 0.0142. The number of fused-ring (bicyclic) bond motifs is 1. The van der Waals surface area contributed by atoms with Crippen molar-refractivity contribution in [2.75, 3.05) is 14.2 Å². The van der Waals surface area contributed by atoms with Crippen LogP contribution in [0.15, 0.2) is 78.9 Å². The third kappa shape index (κ3) is 3.75. The van der Waals surface area contributed by atoms with Crippen LogP contribution in [0.3, 0.4) is 0 Å². The Balaban J connectivity index is 1.84. The molecule has 0 saturated heterocycles. The van der Waals surface area contributed by atoms with Gasteiger partial charge in [-0.05, 0) is 59.5 Å². The molecular weight excluding hydrogens is 382 g/mol. The van der Waals surface area contributed by atoms with E-state index in [9.17, 15) is 10.1 Å². The van der Waals surface area contributed by atoms with Crippen LogP contribution in [0.5, 0.6) is 23.0 Å². The van der Waals surface area contributed by atoms with Crippen LogP contribution in [0.25, 0.3) is 21.9 Å². The van der Waals surface area contributed by atoms with Gasteiger partial charge in [0.1, 0.15) is 23.0 Å². The van der Waals surface area contributed by atoms with E-state index in [1.54, 1.807) is 26.4 Å². The normalized spacial score (nSPS) is 10.6. The van der Waals surface area contributed by atoms with Crippen LogP contribution in [-0.4, -0.2) is 19.1 Å². The first kappa shape index (κ1) is 19.3. The van der Waals surface area contributed by atoms with Crippen LogP contribution in [0.2, 0.25) is 0 Å². The second-order valence-electron chi connectivity index (χ2n) is 6.61. The number of hydrogen-bond donors (Lipinski definition) is 0. The van der Waals surface area contributed by atoms with Gasteiger partial charge >= 0.3 is 0 Å². The van der Waals surface area contributed by atoms with E-state index in [0.29, 0.717) is 11.5 Å². The summed E-state index contributed by atoms with van der Waals surface area (Å²) in [4.78, 5) is 10.5. The van der Waals surface area contributed by atoms with Crippen LogP contribution >= 0.6 is 0 Å². The van der Waals surface area contributed by atoms with E-state index in [4.69, 9.17) is 14.2 Å². The Bertz CT molecular complexity index is 1200. The lowest BCUT2D eigenvalue weighted by Crippen LogP contribution is -1.93. The van der Waals surface area contributed by atoms with Crippen molar-refractivity contribution < 1.29 is 19.1 Å². The molecule has 0 fully saturated rings. The fourth-order valence-corrected chi connectivity index (χ4v) is 3.27. The molecule has 0 saturated carbocycles. The Labute approximate surface area is 173 Å². The number of benzene rings is 4. The van der Waals surface area contributed by atoms with Crippen molar-refractivity contribution in [3.63, 3.8) is 0 Å². The number of non-ortho nitro benzene ring substituents is 1. The van der Waals surface area contributed by atoms with Gasteiger partial charge in [0, 0.05) is 23.1 Å². The summed E-state index contributed by atoms with van der Waals surface area (Å²) in [6, 6.07) is 23.5. The Hall–Kier alpha value is -4.06. The first-order valence-electron chi connectivity index (χ1n) is 9.26. The number of methoxy groups -OCH3 is 2. The molecule has 0 unspecified atom stereocenters. The largest absolute Gasteiger partial charge is 0.497 e. The van der Waals surface area contributed by atoms with Crippen molar-refractivity contribution in [3.8, 4) is 34.1 Å². The van der Waals surface area contributed by atoms with E-state index in [1.165, 1.54) is 12.1 Å². The second kappa shape index (κ2) is 8.13. The highest BCUT2D eigenvalue weighted by Gasteiger charge is 2.14. The highest BCUT2D eigenvalue weighted by molar-refractivity contribution is 5.96. The summed E-state index contributed by atoms with van der Waals surface area (Å²) in [5.41, 5.74) is 1.87. The zero-order chi connectivity index (χ0) is 21.1. The fraction of sp³-hybridized carbons (Fsp3) is 0.0833. The molecule has 0 aliphatic rings. The molecule has 0 bridgehead atoms. The molecule has 6 nitrogen and oxygen atoms in total. The minimum atomic E-state index is -0.434. The average molecular weight is 401 g/mol. The summed E-state index contributed by atoms with van der Waals surface area (Å²) in [7, 11) is 3.25. The third-order valence-corrected chi connectivity index (χ3v) is 4.85. The van der Waals surface area contributed by atoms with Crippen molar-refractivity contribution >= 4 is 16.5 Å². The van der Waals surface area contributed by atoms with E-state index in [2.05, 4.69) is 0 Å². The van der Waals surface area contributed by atoms with Gasteiger partial charge in [0.25, 0.3) is 5.69 Å². The lowest BCUT2D eigenvalue weighted by atomic mass is 9.99. The van der Waals surface area contributed by atoms with E-state index < -0.39 is 4.92 Å². The number of hydrogen-bond acceptors (Lipinski definition) is 5. The van der Waals surface area contributed by atoms with Gasteiger partial charge in [0.05, 0.1) is 19.1 Å². The van der Waals surface area contributed by atoms with Crippen LogP contribution < -0.4 is 14.2 Å². The number of ether oxygens (including phenoxy) is 3. The molecule has 0 spiro atoms. The zero-order valence-electron chi connectivity index (χ0n) is 16.5. The van der Waals surface area contributed by atoms with E-state index in [-0.39, 0.29) is 5.69 Å². The molecule has 0 heterocycles. The van der Waals surface area contributed by atoms with Crippen LogP contribution in [0, 0.1) is 10.1 Å². The van der Waals surface area contributed by atoms with Gasteiger partial charge in [-0.2, -0.15) is 0 Å². The maximum absolute atomic E-state index is 10.9. The first-order chi connectivity index (χ1) is 14.6. The molecule has 0 N–H and O–H groups in total. The minimum Gasteiger partial charge on any atom is -0.497 e. The Morgan fingerprint density at radius 1 is 0.733 bits per heavy atom. The van der Waals surface area contributed by atoms with Gasteiger partial charge < -0.3 is 14.2 Å². The summed E-state index contributed by atoms with van der Waals surface area (Å²) < 4.78 is 16.8. The quantitative estimate of drug-likeness (QED) is 0.283. The molecule has 4 aromatic rings. The van der Waals surface area contributed by atoms with Gasteiger partial charge in [0.2, 0.25) is 0 Å². The molecule has 0 aliphatic carbocycles. The predicted molar refractivity (Wildman–Crippen MR) is 116 cm³/mol. The molecule has 4 rings (SSSR count). The lowest BCUT2D eigenvalue weighted by Gasteiger charge is -2.15. The summed E-state index contributed by atoms with van der Waals surface area (Å²) in [5.74, 6) is 2.69. The molecule has 6 heteroatoms. The smallest absolute Gasteiger partial charge is 0.269 e. The molecule has 4 aromatic carbocycles. The Morgan fingerprint density at radius 2 is 1.37 bits per heavy atom. The fourth-order valence-electron chi connectivity index (χ4n) is 3.27. The number of nitro benzene ring substituents is 1. The standard InChI is InChI=1S/C24H19NO5/c1-28-19-8-3-16(4-9-19)22-13-5-17-15-21(29-2)12-14-23(17)24(22)30-20-10-6-18(7-11-20)25(26)27/h3-15H,1-2H3. The number of nitrogens with zero attached hydrogens (tertiary/aromatic N) is 1. The number of nitro groups is 1. The van der Waals surface area contributed by atoms with Gasteiger partial charge in [-0.1, -0.05) is 18.2 Å². The number of rotatable bonds is 6. The van der Waals surface area contributed by atoms with Gasteiger partial charge in [-0.3, -0.25) is 10.1 Å². The summed E-state index contributed by atoms with van der Waals surface area (Å²) >= 11 is 0. The maximum Gasteiger partial charge on any atom is 0.269 e. The molecule has 150 valence electrons. The molecule has 0 atom stereocenters. The van der Waals surface area contributed by atoms with Crippen LogP contribution in [0.1, 0.15) is 0 Å². The van der Waals surface area contributed by atoms with Gasteiger partial charge in [-0.15, -0.1) is 0 Å². The van der Waals surface area contributed by atoms with Crippen molar-refractivity contribution in [2.24, 2.45) is 0 Å². The van der Waals surface area contributed by atoms with Crippen molar-refractivity contribution in [2.45, 2.75) is 0 Å². The van der Waals surface area contributed by atoms with Crippen molar-refractivity contribution in [1.29, 1.82) is 0 Å². The van der Waals surface area contributed by atoms with Gasteiger partial charge in [-0.25, -0.2) is 0 Å². The zero-order valence-corrected chi connectivity index (χ0v) is 16.5. The SMILES string of the molecule is COc1ccc(-c2ccc3cc(OC)ccc3c2Oc2ccc([N+](=O)[O-])cc2)cc1. The lowest BCUT2D eigenvalue weighted by molar-refractivity contribution is -0.384. The Morgan fingerprint density at radius 3 is 2.00 bits per heavy atom. The summed E-state index contributed by atoms with van der Waals surface area (Å²) in [5, 5.41) is 12.8. The Kier molecular flexibility index (Phi) is 5.22. The van der Waals surface area contributed by atoms with E-state index in [0.717, 1.165) is 33.4 Å². The van der Waals surface area contributed by atoms with Crippen molar-refractivity contribution in [3.05, 3.63) is 89.0 Å². The summed E-state index contributed by atoms with van der Waals surface area (Å²) in [6.07, 6.45) is 0. The molecule has 0 aliphatic heterocycles. The third-order valence-electron chi connectivity index (χ3n) is 4.85. The molecule has 0 radical (unpaired) electrons. The highest BCUT2D eigenvalue weighted by Crippen LogP contribution is 2.41. The van der Waals surface area contributed by atoms with Crippen LogP contribution in [0.4, 0.5) is 5.69 Å². The maximum atomic E-state index is 10.9. The van der Waals surface area contributed by atoms with Crippen molar-refractivity contribution in [1.82, 2.24) is 0 Å². The van der Waals surface area contributed by atoms with Gasteiger partial charge in [0.15, 0.2) is 0 Å². The molecule has 30 heavy (non-hydrogen) atoms. The first-order valence-corrected chi connectivity index (χ1v) is 9.26. The summed E-state index contributed by atoms with van der Waals surface area (Å²) in [6.45, 7) is 0. The van der Waals surface area contributed by atoms with Crippen LogP contribution in [-0.2, 0) is 0 Å². The molecular formula is C24H19NO5.